The van der Waals surface area contributed by atoms with Crippen LogP contribution in [0.1, 0.15) is 79.1 Å². The van der Waals surface area contributed by atoms with Gasteiger partial charge in [-0.2, -0.15) is 0 Å². The summed E-state index contributed by atoms with van der Waals surface area (Å²) in [5, 5.41) is 39.7. The van der Waals surface area contributed by atoms with E-state index in [9.17, 15) is 30.0 Å². The molecule has 0 saturated carbocycles. The van der Waals surface area contributed by atoms with E-state index in [1.54, 1.807) is 27.7 Å². The van der Waals surface area contributed by atoms with Gasteiger partial charge in [0.05, 0.1) is 23.0 Å². The largest absolute Gasteiger partial charge is 0.481 e. The van der Waals surface area contributed by atoms with Gasteiger partial charge in [-0.3, -0.25) is 9.59 Å². The van der Waals surface area contributed by atoms with Crippen LogP contribution in [-0.4, -0.2) is 44.6 Å². The third-order valence-electron chi connectivity index (χ3n) is 6.82. The Bertz CT molecular complexity index is 770. The summed E-state index contributed by atoms with van der Waals surface area (Å²) >= 11 is 0. The highest BCUT2D eigenvalue weighted by Crippen LogP contribution is 2.34. The van der Waals surface area contributed by atoms with Crippen LogP contribution in [0.5, 0.6) is 0 Å². The molecule has 0 bridgehead atoms. The summed E-state index contributed by atoms with van der Waals surface area (Å²) in [6.07, 6.45) is 11.6. The van der Waals surface area contributed by atoms with Gasteiger partial charge in [-0.05, 0) is 101 Å². The molecule has 0 aromatic heterocycles. The number of aliphatic hydroxyl groups is 2. The smallest absolute Gasteiger partial charge is 0.309 e. The predicted molar refractivity (Wildman–Crippen MR) is 124 cm³/mol. The number of rotatable bonds is 13. The lowest BCUT2D eigenvalue weighted by molar-refractivity contribution is -0.148. The van der Waals surface area contributed by atoms with E-state index >= 15 is 0 Å². The third-order valence-corrected chi connectivity index (χ3v) is 6.82. The van der Waals surface area contributed by atoms with Crippen molar-refractivity contribution in [3.8, 4) is 0 Å². The van der Waals surface area contributed by atoms with Crippen LogP contribution in [0.25, 0.3) is 0 Å². The number of aliphatic hydroxyl groups excluding tert-OH is 2. The highest BCUT2D eigenvalue weighted by molar-refractivity contribution is 5.73. The van der Waals surface area contributed by atoms with E-state index in [1.165, 1.54) is 0 Å². The van der Waals surface area contributed by atoms with Crippen molar-refractivity contribution in [1.29, 1.82) is 0 Å². The van der Waals surface area contributed by atoms with Crippen LogP contribution >= 0.6 is 0 Å². The minimum Gasteiger partial charge on any atom is -0.481 e. The van der Waals surface area contributed by atoms with Crippen molar-refractivity contribution in [3.63, 3.8) is 0 Å². The molecule has 0 aromatic carbocycles. The zero-order chi connectivity index (χ0) is 24.1. The summed E-state index contributed by atoms with van der Waals surface area (Å²) < 4.78 is 0. The molecule has 0 heterocycles. The number of aliphatic carboxylic acids is 2. The van der Waals surface area contributed by atoms with Crippen LogP contribution in [0.15, 0.2) is 46.6 Å². The Morgan fingerprint density at radius 2 is 0.938 bits per heavy atom. The van der Waals surface area contributed by atoms with Crippen LogP contribution in [0.4, 0.5) is 0 Å². The van der Waals surface area contributed by atoms with Gasteiger partial charge in [0, 0.05) is 0 Å². The van der Waals surface area contributed by atoms with Gasteiger partial charge >= 0.3 is 11.9 Å². The summed E-state index contributed by atoms with van der Waals surface area (Å²) in [5.74, 6) is -1.61. The molecular formula is C26H38O6. The Balaban J connectivity index is 1.73. The molecule has 32 heavy (non-hydrogen) atoms. The maximum Gasteiger partial charge on any atom is 0.309 e. The van der Waals surface area contributed by atoms with Crippen molar-refractivity contribution in [2.75, 3.05) is 0 Å². The Morgan fingerprint density at radius 1 is 0.656 bits per heavy atom. The van der Waals surface area contributed by atoms with E-state index in [1.807, 2.05) is 24.3 Å². The van der Waals surface area contributed by atoms with Crippen LogP contribution in [0.2, 0.25) is 0 Å². The minimum atomic E-state index is -0.806. The molecule has 6 heteroatoms. The predicted octanol–water partition coefficient (Wildman–Crippen LogP) is 4.78. The average molecular weight is 447 g/mol. The van der Waals surface area contributed by atoms with Gasteiger partial charge in [0.1, 0.15) is 0 Å². The highest BCUT2D eigenvalue weighted by Gasteiger charge is 2.29. The van der Waals surface area contributed by atoms with E-state index in [0.717, 1.165) is 22.3 Å². The molecule has 2 aliphatic rings. The summed E-state index contributed by atoms with van der Waals surface area (Å²) in [6, 6.07) is 0. The molecule has 0 spiro atoms. The first kappa shape index (κ1) is 26.1. The number of allylic oxidation sites excluding steroid dienone is 4. The molecule has 0 saturated heterocycles. The fourth-order valence-corrected chi connectivity index (χ4v) is 4.12. The molecule has 2 rings (SSSR count). The Morgan fingerprint density at radius 3 is 1.22 bits per heavy atom. The molecule has 0 aromatic rings. The molecule has 4 N–H and O–H groups in total. The Labute approximate surface area is 191 Å². The number of hydrogen-bond donors (Lipinski definition) is 4. The second kappa shape index (κ2) is 10.6. The van der Waals surface area contributed by atoms with Gasteiger partial charge in [0.15, 0.2) is 0 Å². The van der Waals surface area contributed by atoms with Crippen molar-refractivity contribution in [2.24, 2.45) is 10.8 Å². The summed E-state index contributed by atoms with van der Waals surface area (Å²) in [4.78, 5) is 22.5. The van der Waals surface area contributed by atoms with Gasteiger partial charge in [0.2, 0.25) is 0 Å². The zero-order valence-electron chi connectivity index (χ0n) is 19.7. The van der Waals surface area contributed by atoms with E-state index in [2.05, 4.69) is 0 Å². The molecule has 2 aliphatic carbocycles. The zero-order valence-corrected chi connectivity index (χ0v) is 19.7. The molecule has 0 radical (unpaired) electrons. The first-order valence-corrected chi connectivity index (χ1v) is 11.5. The molecule has 178 valence electrons. The molecule has 2 unspecified atom stereocenters. The summed E-state index contributed by atoms with van der Waals surface area (Å²) in [6.45, 7) is 6.87. The standard InChI is InChI=1S/C26H38O6/c1-25(2,23(29)30)15-5-7-17-9-11-19(21(17)27)13-14-20-12-10-18(22(20)28)8-6-16-26(3,4)24(31)32/h9-12,21-22,27-28H,5-8,13-16H2,1-4H3,(H,29,30)(H,31,32). The SMILES string of the molecule is CC(C)(CCCC1=CC=C(CCC2=CC=C(CCCC(C)(C)C(=O)O)C2O)C1O)C(=O)O. The Hall–Kier alpha value is -2.18. The highest BCUT2D eigenvalue weighted by atomic mass is 16.4. The van der Waals surface area contributed by atoms with Crippen LogP contribution in [0, 0.1) is 10.8 Å². The van der Waals surface area contributed by atoms with Crippen molar-refractivity contribution in [3.05, 3.63) is 46.6 Å². The summed E-state index contributed by atoms with van der Waals surface area (Å²) in [5.41, 5.74) is 2.15. The molecule has 0 aliphatic heterocycles. The van der Waals surface area contributed by atoms with Crippen LogP contribution < -0.4 is 0 Å². The van der Waals surface area contributed by atoms with E-state index < -0.39 is 35.0 Å². The van der Waals surface area contributed by atoms with Crippen LogP contribution in [0.3, 0.4) is 0 Å². The molecular weight excluding hydrogens is 408 g/mol. The molecule has 0 fully saturated rings. The second-order valence-corrected chi connectivity index (χ2v) is 10.4. The number of carboxylic acids is 2. The van der Waals surface area contributed by atoms with E-state index in [4.69, 9.17) is 0 Å². The average Bonchev–Trinajstić information content (AvgIpc) is 3.22. The van der Waals surface area contributed by atoms with E-state index in [-0.39, 0.29) is 0 Å². The van der Waals surface area contributed by atoms with E-state index in [0.29, 0.717) is 51.4 Å². The number of carboxylic acid groups (broad SMARTS) is 2. The first-order chi connectivity index (χ1) is 14.8. The first-order valence-electron chi connectivity index (χ1n) is 11.5. The van der Waals surface area contributed by atoms with Gasteiger partial charge in [0.25, 0.3) is 0 Å². The van der Waals surface area contributed by atoms with Crippen molar-refractivity contribution >= 4 is 11.9 Å². The van der Waals surface area contributed by atoms with Crippen molar-refractivity contribution < 1.29 is 30.0 Å². The van der Waals surface area contributed by atoms with Gasteiger partial charge in [-0.1, -0.05) is 24.3 Å². The topological polar surface area (TPSA) is 115 Å². The fourth-order valence-electron chi connectivity index (χ4n) is 4.12. The van der Waals surface area contributed by atoms with Gasteiger partial charge in [-0.25, -0.2) is 0 Å². The molecule has 2 atom stereocenters. The van der Waals surface area contributed by atoms with Gasteiger partial charge in [-0.15, -0.1) is 0 Å². The van der Waals surface area contributed by atoms with Gasteiger partial charge < -0.3 is 20.4 Å². The van der Waals surface area contributed by atoms with Crippen molar-refractivity contribution in [1.82, 2.24) is 0 Å². The summed E-state index contributed by atoms with van der Waals surface area (Å²) in [7, 11) is 0. The maximum atomic E-state index is 11.2. The normalized spacial score (nSPS) is 21.2. The quantitative estimate of drug-likeness (QED) is 0.324. The molecule has 6 nitrogen and oxygen atoms in total. The molecule has 0 amide bonds. The second-order valence-electron chi connectivity index (χ2n) is 10.4. The third kappa shape index (κ3) is 6.66. The fraction of sp³-hybridized carbons (Fsp3) is 0.615. The maximum absolute atomic E-state index is 11.2. The Kier molecular flexibility index (Phi) is 8.66. The lowest BCUT2D eigenvalue weighted by Crippen LogP contribution is -2.23. The number of hydrogen-bond acceptors (Lipinski definition) is 4. The lowest BCUT2D eigenvalue weighted by atomic mass is 9.86. The minimum absolute atomic E-state index is 0.554. The monoisotopic (exact) mass is 446 g/mol. The van der Waals surface area contributed by atoms with Crippen molar-refractivity contribution in [2.45, 2.75) is 91.3 Å². The van der Waals surface area contributed by atoms with Crippen LogP contribution in [-0.2, 0) is 9.59 Å². The number of carbonyl (C=O) groups is 2. The lowest BCUT2D eigenvalue weighted by Gasteiger charge is -2.20.